The number of hydrogen-bond donors (Lipinski definition) is 0. The molecule has 0 amide bonds. The Hall–Kier alpha value is -8.47. The van der Waals surface area contributed by atoms with Crippen LogP contribution in [-0.2, 0) is 6.42 Å². The van der Waals surface area contributed by atoms with Gasteiger partial charge in [0.2, 0.25) is 0 Å². The quantitative estimate of drug-likeness (QED) is 0.157. The number of hydrogen-bond acceptors (Lipinski definition) is 4. The molecule has 65 heavy (non-hydrogen) atoms. The fourth-order valence-corrected chi connectivity index (χ4v) is 10.1. The van der Waals surface area contributed by atoms with Gasteiger partial charge in [0.15, 0.2) is 17.5 Å². The van der Waals surface area contributed by atoms with E-state index < -0.39 is 0 Å². The van der Waals surface area contributed by atoms with Gasteiger partial charge in [-0.15, -0.1) is 0 Å². The van der Waals surface area contributed by atoms with Gasteiger partial charge in [-0.1, -0.05) is 188 Å². The molecule has 0 bridgehead atoms. The van der Waals surface area contributed by atoms with Gasteiger partial charge in [-0.2, -0.15) is 0 Å². The molecular weight excluding hydrogens is 791 g/mol. The topological polar surface area (TPSA) is 51.8 Å². The van der Waals surface area contributed by atoms with E-state index in [0.717, 1.165) is 84.5 Å². The molecule has 0 fully saturated rings. The van der Waals surface area contributed by atoms with Crippen LogP contribution in [0.25, 0.3) is 128 Å². The van der Waals surface area contributed by atoms with Crippen molar-refractivity contribution in [3.05, 3.63) is 217 Å². The molecule has 0 saturated heterocycles. The van der Waals surface area contributed by atoms with Crippen molar-refractivity contribution in [2.45, 2.75) is 12.8 Å². The Kier molecular flexibility index (Phi) is 8.63. The summed E-state index contributed by atoms with van der Waals surface area (Å²) in [5, 5.41) is 9.72. The van der Waals surface area contributed by atoms with Crippen LogP contribution >= 0.6 is 0 Å². The second kappa shape index (κ2) is 15.1. The molecule has 0 unspecified atom stereocenters. The summed E-state index contributed by atoms with van der Waals surface area (Å²) in [5.41, 5.74) is 14.2. The number of benzene rings is 10. The first-order valence-electron chi connectivity index (χ1n) is 22.3. The second-order valence-electron chi connectivity index (χ2n) is 17.0. The Balaban J connectivity index is 0.946. The van der Waals surface area contributed by atoms with Gasteiger partial charge in [-0.25, -0.2) is 15.0 Å². The standard InChI is InChI=1S/C61H39N3O/c1-3-15-38(16-4-1)42-19-13-20-44(35-42)61-63-59(40-17-5-2-6-18-40)62-60(64-61)41-31-29-39(30-32-41)53-37-55-57-45(27-14-28-56(57)65-58(55)52-26-12-11-25-50(52)53)43-33-34-51-48-23-8-7-21-46(48)47-22-9-10-24-49(47)54(51)36-43/h1-9,11-23,25-37H,10,24H2. The lowest BCUT2D eigenvalue weighted by molar-refractivity contribution is 0.673. The summed E-state index contributed by atoms with van der Waals surface area (Å²) in [6.45, 7) is 0. The average molecular weight is 830 g/mol. The largest absolute Gasteiger partial charge is 0.455 e. The molecule has 304 valence electrons. The molecule has 4 heteroatoms. The van der Waals surface area contributed by atoms with Crippen LogP contribution < -0.4 is 0 Å². The van der Waals surface area contributed by atoms with Gasteiger partial charge >= 0.3 is 0 Å². The van der Waals surface area contributed by atoms with E-state index in [4.69, 9.17) is 19.4 Å². The predicted octanol–water partition coefficient (Wildman–Crippen LogP) is 16.2. The van der Waals surface area contributed by atoms with Gasteiger partial charge in [0.05, 0.1) is 0 Å². The molecule has 10 aromatic carbocycles. The minimum Gasteiger partial charge on any atom is -0.455 e. The Bertz CT molecular complexity index is 3870. The van der Waals surface area contributed by atoms with E-state index >= 15 is 0 Å². The Morgan fingerprint density at radius 1 is 0.354 bits per heavy atom. The van der Waals surface area contributed by atoms with Crippen molar-refractivity contribution >= 4 is 60.3 Å². The highest BCUT2D eigenvalue weighted by molar-refractivity contribution is 6.23. The highest BCUT2D eigenvalue weighted by atomic mass is 16.3. The van der Waals surface area contributed by atoms with Crippen molar-refractivity contribution in [3.8, 4) is 67.5 Å². The maximum Gasteiger partial charge on any atom is 0.164 e. The number of aryl methyl sites for hydroxylation is 1. The maximum absolute atomic E-state index is 6.83. The van der Waals surface area contributed by atoms with Crippen LogP contribution in [0.1, 0.15) is 17.5 Å². The van der Waals surface area contributed by atoms with Crippen molar-refractivity contribution < 1.29 is 4.42 Å². The van der Waals surface area contributed by atoms with E-state index in [9.17, 15) is 0 Å². The zero-order valence-electron chi connectivity index (χ0n) is 35.4. The van der Waals surface area contributed by atoms with Crippen LogP contribution in [0.15, 0.2) is 211 Å². The third-order valence-corrected chi connectivity index (χ3v) is 13.2. The predicted molar refractivity (Wildman–Crippen MR) is 270 cm³/mol. The van der Waals surface area contributed by atoms with Crippen molar-refractivity contribution in [1.29, 1.82) is 0 Å². The molecule has 0 radical (unpaired) electrons. The van der Waals surface area contributed by atoms with Gasteiger partial charge < -0.3 is 4.42 Å². The first kappa shape index (κ1) is 37.1. The van der Waals surface area contributed by atoms with E-state index in [-0.39, 0.29) is 0 Å². The number of fused-ring (bicyclic) bond motifs is 11. The van der Waals surface area contributed by atoms with Crippen LogP contribution in [0.3, 0.4) is 0 Å². The van der Waals surface area contributed by atoms with Crippen molar-refractivity contribution in [1.82, 2.24) is 15.0 Å². The zero-order chi connectivity index (χ0) is 42.8. The minimum absolute atomic E-state index is 0.622. The van der Waals surface area contributed by atoms with Crippen molar-refractivity contribution in [3.63, 3.8) is 0 Å². The summed E-state index contributed by atoms with van der Waals surface area (Å²) in [6.07, 6.45) is 6.73. The average Bonchev–Trinajstić information content (AvgIpc) is 3.78. The monoisotopic (exact) mass is 829 g/mol. The highest BCUT2D eigenvalue weighted by Gasteiger charge is 2.21. The van der Waals surface area contributed by atoms with Crippen LogP contribution in [0.4, 0.5) is 0 Å². The van der Waals surface area contributed by atoms with Crippen LogP contribution in [0.2, 0.25) is 0 Å². The smallest absolute Gasteiger partial charge is 0.164 e. The molecule has 2 aromatic heterocycles. The molecule has 0 atom stereocenters. The van der Waals surface area contributed by atoms with E-state index in [0.29, 0.717) is 17.5 Å². The Labute approximate surface area is 375 Å². The van der Waals surface area contributed by atoms with Crippen molar-refractivity contribution in [2.75, 3.05) is 0 Å². The molecule has 1 aliphatic carbocycles. The third-order valence-electron chi connectivity index (χ3n) is 13.2. The normalized spacial score (nSPS) is 12.4. The molecule has 0 saturated carbocycles. The zero-order valence-corrected chi connectivity index (χ0v) is 35.4. The molecule has 0 N–H and O–H groups in total. The lowest BCUT2D eigenvalue weighted by atomic mass is 9.85. The van der Waals surface area contributed by atoms with Crippen LogP contribution in [0.5, 0.6) is 0 Å². The molecule has 13 rings (SSSR count). The van der Waals surface area contributed by atoms with E-state index in [2.05, 4.69) is 176 Å². The van der Waals surface area contributed by atoms with E-state index in [1.165, 1.54) is 43.8 Å². The van der Waals surface area contributed by atoms with Crippen LogP contribution in [0, 0.1) is 0 Å². The SMILES string of the molecule is C1=Cc2c(c3cc(-c4cccc5oc6c7ccccc7c(-c7ccc(-c8nc(-c9ccccc9)nc(-c9cccc(-c%10ccccc%10)c9)n8)cc7)cc6c45)ccc3c3ccccc23)CC1. The van der Waals surface area contributed by atoms with E-state index in [1.807, 2.05) is 36.4 Å². The summed E-state index contributed by atoms with van der Waals surface area (Å²) < 4.78 is 6.83. The number of furan rings is 1. The van der Waals surface area contributed by atoms with Gasteiger partial charge in [0.25, 0.3) is 0 Å². The summed E-state index contributed by atoms with van der Waals surface area (Å²) >= 11 is 0. The molecular formula is C61H39N3O. The fourth-order valence-electron chi connectivity index (χ4n) is 10.1. The summed E-state index contributed by atoms with van der Waals surface area (Å²) in [4.78, 5) is 15.2. The number of nitrogens with zero attached hydrogens (tertiary/aromatic N) is 3. The molecule has 4 nitrogen and oxygen atoms in total. The summed E-state index contributed by atoms with van der Waals surface area (Å²) in [5.74, 6) is 1.89. The van der Waals surface area contributed by atoms with Gasteiger partial charge in [-0.05, 0) is 109 Å². The lowest BCUT2D eigenvalue weighted by Crippen LogP contribution is -2.00. The first-order chi connectivity index (χ1) is 32.2. The second-order valence-corrected chi connectivity index (χ2v) is 17.0. The first-order valence-corrected chi connectivity index (χ1v) is 22.3. The Morgan fingerprint density at radius 2 is 0.938 bits per heavy atom. The number of aromatic nitrogens is 3. The molecule has 12 aromatic rings. The lowest BCUT2D eigenvalue weighted by Gasteiger charge is -2.19. The van der Waals surface area contributed by atoms with Crippen molar-refractivity contribution in [2.24, 2.45) is 0 Å². The molecule has 0 spiro atoms. The Morgan fingerprint density at radius 3 is 1.72 bits per heavy atom. The van der Waals surface area contributed by atoms with Gasteiger partial charge in [-0.3, -0.25) is 0 Å². The van der Waals surface area contributed by atoms with Crippen LogP contribution in [-0.4, -0.2) is 15.0 Å². The third kappa shape index (κ3) is 6.25. The molecule has 1 aliphatic rings. The van der Waals surface area contributed by atoms with Gasteiger partial charge in [0.1, 0.15) is 11.2 Å². The summed E-state index contributed by atoms with van der Waals surface area (Å²) in [6, 6.07) is 70.9. The summed E-state index contributed by atoms with van der Waals surface area (Å²) in [7, 11) is 0. The molecule has 2 heterocycles. The maximum atomic E-state index is 6.83. The van der Waals surface area contributed by atoms with Gasteiger partial charge in [0, 0.05) is 32.8 Å². The molecule has 0 aliphatic heterocycles. The fraction of sp³-hybridized carbons (Fsp3) is 0.0328. The number of allylic oxidation sites excluding steroid dienone is 1. The number of rotatable bonds is 6. The minimum atomic E-state index is 0.622. The highest BCUT2D eigenvalue weighted by Crippen LogP contribution is 2.45. The van der Waals surface area contributed by atoms with E-state index in [1.54, 1.807) is 0 Å².